The van der Waals surface area contributed by atoms with Gasteiger partial charge in [-0.3, -0.25) is 0 Å². The fourth-order valence-corrected chi connectivity index (χ4v) is 5.65. The molecule has 0 bridgehead atoms. The summed E-state index contributed by atoms with van der Waals surface area (Å²) < 4.78 is 42.6. The van der Waals surface area contributed by atoms with E-state index in [0.717, 1.165) is 20.9 Å². The summed E-state index contributed by atoms with van der Waals surface area (Å²) >= 11 is 3.08. The fraction of sp³-hybridized carbons (Fsp3) is 0.458. The molecular weight excluding hydrogens is 453 g/mol. The lowest BCUT2D eigenvalue weighted by molar-refractivity contribution is -0.266. The molecule has 0 aliphatic carbocycles. The van der Waals surface area contributed by atoms with Gasteiger partial charge in [0.1, 0.15) is 0 Å². The number of nitrogens with one attached hydrogen (secondary N) is 1. The van der Waals surface area contributed by atoms with Crippen molar-refractivity contribution in [3.8, 4) is 0 Å². The minimum Gasteiger partial charge on any atom is -0.380 e. The molecule has 0 amide bonds. The molecule has 174 valence electrons. The SMILES string of the molecule is CSc1ccccc1C(C)(C)CC(O)(Cc1cc2cc(SC(C)C)ncc2[nH]1)C(F)(F)F. The zero-order valence-electron chi connectivity index (χ0n) is 18.9. The Hall–Kier alpha value is -1.64. The Morgan fingerprint density at radius 2 is 1.81 bits per heavy atom. The monoisotopic (exact) mass is 482 g/mol. The summed E-state index contributed by atoms with van der Waals surface area (Å²) in [4.78, 5) is 8.30. The highest BCUT2D eigenvalue weighted by Gasteiger charge is 2.56. The summed E-state index contributed by atoms with van der Waals surface area (Å²) in [6.07, 6.45) is -2.26. The standard InChI is InChI=1S/C24H29F3N2OS2/c1-15(2)32-21-11-16-10-17(29-19(16)13-28-21)12-23(30,24(25,26)27)14-22(3,4)18-8-6-7-9-20(18)31-5/h6-11,13,15,29-30H,12,14H2,1-5H3. The van der Waals surface area contributed by atoms with E-state index in [1.165, 1.54) is 11.8 Å². The number of aliphatic hydroxyl groups is 1. The van der Waals surface area contributed by atoms with Gasteiger partial charge in [0.05, 0.1) is 16.7 Å². The Kier molecular flexibility index (Phi) is 7.27. The quantitative estimate of drug-likeness (QED) is 0.340. The lowest BCUT2D eigenvalue weighted by atomic mass is 9.73. The van der Waals surface area contributed by atoms with Crippen LogP contribution in [0.3, 0.4) is 0 Å². The van der Waals surface area contributed by atoms with Crippen LogP contribution in [0.2, 0.25) is 0 Å². The number of hydrogen-bond acceptors (Lipinski definition) is 4. The van der Waals surface area contributed by atoms with Crippen molar-refractivity contribution in [1.29, 1.82) is 0 Å². The van der Waals surface area contributed by atoms with Gasteiger partial charge in [0.2, 0.25) is 0 Å². The Morgan fingerprint density at radius 1 is 1.12 bits per heavy atom. The summed E-state index contributed by atoms with van der Waals surface area (Å²) in [5, 5.41) is 12.9. The molecule has 0 fully saturated rings. The van der Waals surface area contributed by atoms with E-state index in [1.54, 1.807) is 37.9 Å². The Labute approximate surface area is 195 Å². The van der Waals surface area contributed by atoms with Crippen molar-refractivity contribution in [2.24, 2.45) is 0 Å². The summed E-state index contributed by atoms with van der Waals surface area (Å²) in [6, 6.07) is 11.0. The van der Waals surface area contributed by atoms with Crippen LogP contribution in [-0.4, -0.2) is 38.4 Å². The number of halogens is 3. The van der Waals surface area contributed by atoms with Crippen LogP contribution in [0.5, 0.6) is 0 Å². The zero-order chi connectivity index (χ0) is 23.7. The highest BCUT2D eigenvalue weighted by Crippen LogP contribution is 2.44. The number of fused-ring (bicyclic) bond motifs is 1. The second-order valence-electron chi connectivity index (χ2n) is 9.04. The van der Waals surface area contributed by atoms with Gasteiger partial charge in [-0.15, -0.1) is 23.5 Å². The molecule has 2 N–H and O–H groups in total. The number of pyridine rings is 1. The molecule has 1 unspecified atom stereocenters. The van der Waals surface area contributed by atoms with E-state index in [1.807, 2.05) is 36.6 Å². The van der Waals surface area contributed by atoms with Crippen molar-refractivity contribution in [3.63, 3.8) is 0 Å². The van der Waals surface area contributed by atoms with Crippen LogP contribution in [0.4, 0.5) is 13.2 Å². The van der Waals surface area contributed by atoms with Crippen molar-refractivity contribution < 1.29 is 18.3 Å². The molecule has 0 spiro atoms. The molecule has 1 aromatic carbocycles. The van der Waals surface area contributed by atoms with Gasteiger partial charge in [-0.1, -0.05) is 45.9 Å². The molecule has 0 saturated carbocycles. The minimum absolute atomic E-state index is 0.335. The molecule has 2 aromatic heterocycles. The van der Waals surface area contributed by atoms with E-state index in [9.17, 15) is 18.3 Å². The summed E-state index contributed by atoms with van der Waals surface area (Å²) in [6.45, 7) is 7.62. The molecule has 3 aromatic rings. The van der Waals surface area contributed by atoms with Gasteiger partial charge in [0.15, 0.2) is 5.60 Å². The van der Waals surface area contributed by atoms with Gasteiger partial charge in [0.25, 0.3) is 0 Å². The molecule has 1 atom stereocenters. The third kappa shape index (κ3) is 5.46. The number of thioether (sulfide) groups is 2. The van der Waals surface area contributed by atoms with Crippen LogP contribution in [0.1, 0.15) is 45.4 Å². The number of benzene rings is 1. The maximum atomic E-state index is 14.2. The number of hydrogen-bond donors (Lipinski definition) is 2. The third-order valence-electron chi connectivity index (χ3n) is 5.47. The van der Waals surface area contributed by atoms with Crippen LogP contribution in [0.15, 0.2) is 52.5 Å². The topological polar surface area (TPSA) is 48.9 Å². The second-order valence-corrected chi connectivity index (χ2v) is 11.5. The molecule has 0 aliphatic heterocycles. The molecule has 32 heavy (non-hydrogen) atoms. The predicted octanol–water partition coefficient (Wildman–Crippen LogP) is 6.99. The molecule has 3 nitrogen and oxygen atoms in total. The number of aromatic amines is 1. The van der Waals surface area contributed by atoms with Crippen molar-refractivity contribution in [2.45, 2.75) is 72.9 Å². The minimum atomic E-state index is -4.78. The molecule has 0 radical (unpaired) electrons. The first kappa shape index (κ1) is 25.0. The normalized spacial score (nSPS) is 14.8. The number of H-pyrrole nitrogens is 1. The first-order valence-electron chi connectivity index (χ1n) is 10.4. The van der Waals surface area contributed by atoms with Crippen LogP contribution in [0, 0.1) is 0 Å². The van der Waals surface area contributed by atoms with Gasteiger partial charge < -0.3 is 10.1 Å². The summed E-state index contributed by atoms with van der Waals surface area (Å²) in [5.41, 5.74) is -1.98. The van der Waals surface area contributed by atoms with Gasteiger partial charge in [-0.25, -0.2) is 4.98 Å². The fourth-order valence-electron chi connectivity index (χ4n) is 4.08. The van der Waals surface area contributed by atoms with E-state index < -0.39 is 30.0 Å². The molecule has 8 heteroatoms. The predicted molar refractivity (Wildman–Crippen MR) is 128 cm³/mol. The zero-order valence-corrected chi connectivity index (χ0v) is 20.5. The van der Waals surface area contributed by atoms with E-state index in [-0.39, 0.29) is 0 Å². The lowest BCUT2D eigenvalue weighted by Crippen LogP contribution is -2.51. The highest BCUT2D eigenvalue weighted by atomic mass is 32.2. The molecule has 0 aliphatic rings. The van der Waals surface area contributed by atoms with Crippen molar-refractivity contribution in [3.05, 3.63) is 53.9 Å². The Balaban J connectivity index is 1.94. The Morgan fingerprint density at radius 3 is 2.44 bits per heavy atom. The van der Waals surface area contributed by atoms with Crippen LogP contribution >= 0.6 is 23.5 Å². The number of rotatable bonds is 8. The first-order valence-corrected chi connectivity index (χ1v) is 12.5. The van der Waals surface area contributed by atoms with Crippen LogP contribution in [-0.2, 0) is 11.8 Å². The molecule has 3 rings (SSSR count). The molecule has 0 saturated heterocycles. The summed E-state index contributed by atoms with van der Waals surface area (Å²) in [5.74, 6) is 0. The molecular formula is C24H29F3N2OS2. The average molecular weight is 483 g/mol. The van der Waals surface area contributed by atoms with E-state index >= 15 is 0 Å². The number of alkyl halides is 3. The largest absolute Gasteiger partial charge is 0.417 e. The van der Waals surface area contributed by atoms with Gasteiger partial charge in [-0.2, -0.15) is 13.2 Å². The van der Waals surface area contributed by atoms with Gasteiger partial charge in [-0.05, 0) is 41.9 Å². The smallest absolute Gasteiger partial charge is 0.380 e. The molecule has 2 heterocycles. The van der Waals surface area contributed by atoms with Gasteiger partial charge >= 0.3 is 6.18 Å². The van der Waals surface area contributed by atoms with Crippen molar-refractivity contribution >= 4 is 34.4 Å². The van der Waals surface area contributed by atoms with Crippen molar-refractivity contribution in [2.75, 3.05) is 6.26 Å². The second kappa shape index (κ2) is 9.31. The van der Waals surface area contributed by atoms with Crippen molar-refractivity contribution in [1.82, 2.24) is 9.97 Å². The lowest BCUT2D eigenvalue weighted by Gasteiger charge is -2.38. The van der Waals surface area contributed by atoms with E-state index in [0.29, 0.717) is 16.5 Å². The number of nitrogens with zero attached hydrogens (tertiary/aromatic N) is 1. The van der Waals surface area contributed by atoms with E-state index in [2.05, 4.69) is 23.8 Å². The third-order valence-corrected chi connectivity index (χ3v) is 7.21. The average Bonchev–Trinajstić information content (AvgIpc) is 3.07. The van der Waals surface area contributed by atoms with E-state index in [4.69, 9.17) is 0 Å². The maximum Gasteiger partial charge on any atom is 0.417 e. The number of aromatic nitrogens is 2. The Bertz CT molecular complexity index is 1080. The van der Waals surface area contributed by atoms with Gasteiger partial charge in [0, 0.05) is 27.6 Å². The highest BCUT2D eigenvalue weighted by molar-refractivity contribution is 7.99. The summed E-state index contributed by atoms with van der Waals surface area (Å²) in [7, 11) is 0. The first-order chi connectivity index (χ1) is 14.8. The van der Waals surface area contributed by atoms with Crippen LogP contribution < -0.4 is 0 Å². The maximum absolute atomic E-state index is 14.2. The van der Waals surface area contributed by atoms with Crippen LogP contribution in [0.25, 0.3) is 10.9 Å².